The first-order valence-electron chi connectivity index (χ1n) is 6.97. The summed E-state index contributed by atoms with van der Waals surface area (Å²) < 4.78 is 80.1. The third-order valence-electron chi connectivity index (χ3n) is 3.74. The summed E-state index contributed by atoms with van der Waals surface area (Å²) in [5, 5.41) is 11.9. The molecule has 0 aromatic heterocycles. The number of halogens is 7. The fourth-order valence-corrected chi connectivity index (χ4v) is 2.68. The quantitative estimate of drug-likeness (QED) is 0.791. The molecule has 1 aromatic rings. The molecule has 2 N–H and O–H groups in total. The number of alkyl halides is 5. The van der Waals surface area contributed by atoms with Crippen LogP contribution in [0.4, 0.5) is 26.3 Å². The Morgan fingerprint density at radius 2 is 1.71 bits per heavy atom. The van der Waals surface area contributed by atoms with Gasteiger partial charge in [0.25, 0.3) is 5.92 Å². The van der Waals surface area contributed by atoms with Crippen molar-refractivity contribution in [2.24, 2.45) is 0 Å². The fraction of sp³-hybridized carbons (Fsp3) is 0.571. The van der Waals surface area contributed by atoms with Gasteiger partial charge in [-0.3, -0.25) is 4.90 Å². The summed E-state index contributed by atoms with van der Waals surface area (Å²) in [5.41, 5.74) is -1.97. The maximum Gasteiger partial charge on any atom is 0.419 e. The van der Waals surface area contributed by atoms with Gasteiger partial charge in [-0.05, 0) is 17.7 Å². The van der Waals surface area contributed by atoms with E-state index in [9.17, 15) is 26.3 Å². The van der Waals surface area contributed by atoms with E-state index in [1.54, 1.807) is 0 Å². The van der Waals surface area contributed by atoms with E-state index >= 15 is 0 Å². The van der Waals surface area contributed by atoms with Crippen LogP contribution in [0.25, 0.3) is 0 Å². The topological polar surface area (TPSA) is 35.5 Å². The second-order valence-corrected chi connectivity index (χ2v) is 5.34. The highest BCUT2D eigenvalue weighted by Crippen LogP contribution is 2.39. The van der Waals surface area contributed by atoms with Crippen LogP contribution in [-0.4, -0.2) is 48.7 Å². The maximum atomic E-state index is 14.1. The van der Waals surface area contributed by atoms with Gasteiger partial charge in [-0.15, -0.1) is 12.4 Å². The standard InChI is InChI=1S/C14H16F6N2O.ClH/c15-11-2-1-9(7-10(11)14(18,19)20)12(13(16,17)8-23)22-5-3-21-4-6-22;/h1-2,7,12,21,23H,3-6,8H2;1H/t12-;/m1./s1. The van der Waals surface area contributed by atoms with E-state index in [0.717, 1.165) is 6.07 Å². The number of piperazine rings is 1. The van der Waals surface area contributed by atoms with Crippen LogP contribution in [-0.2, 0) is 6.18 Å². The molecule has 2 rings (SSSR count). The Kier molecular flexibility index (Phi) is 6.92. The number of benzene rings is 1. The zero-order valence-electron chi connectivity index (χ0n) is 12.4. The largest absolute Gasteiger partial charge is 0.419 e. The SMILES string of the molecule is Cl.OCC(F)(F)[C@@H](c1ccc(F)c(C(F)(F)F)c1)N1CCNCC1. The normalized spacial score (nSPS) is 18.1. The second-order valence-electron chi connectivity index (χ2n) is 5.34. The Morgan fingerprint density at radius 3 is 2.21 bits per heavy atom. The van der Waals surface area contributed by atoms with Crippen LogP contribution in [0.5, 0.6) is 0 Å². The highest BCUT2D eigenvalue weighted by atomic mass is 35.5. The molecule has 1 fully saturated rings. The first kappa shape index (κ1) is 21.0. The summed E-state index contributed by atoms with van der Waals surface area (Å²) in [6, 6.07) is 0.0732. The molecule has 0 radical (unpaired) electrons. The lowest BCUT2D eigenvalue weighted by Crippen LogP contribution is -2.51. The van der Waals surface area contributed by atoms with Crippen LogP contribution in [0.15, 0.2) is 18.2 Å². The Labute approximate surface area is 141 Å². The van der Waals surface area contributed by atoms with E-state index in [0.29, 0.717) is 25.2 Å². The minimum Gasteiger partial charge on any atom is -0.390 e. The van der Waals surface area contributed by atoms with Gasteiger partial charge in [0.1, 0.15) is 18.5 Å². The van der Waals surface area contributed by atoms with Gasteiger partial charge < -0.3 is 10.4 Å². The molecular formula is C14H17ClF6N2O. The molecule has 0 unspecified atom stereocenters. The van der Waals surface area contributed by atoms with Crippen molar-refractivity contribution in [3.05, 3.63) is 35.1 Å². The molecule has 0 spiro atoms. The molecule has 1 atom stereocenters. The number of hydrogen-bond acceptors (Lipinski definition) is 3. The third-order valence-corrected chi connectivity index (χ3v) is 3.74. The minimum absolute atomic E-state index is 0. The predicted octanol–water partition coefficient (Wildman–Crippen LogP) is 2.84. The maximum absolute atomic E-state index is 14.1. The molecule has 0 bridgehead atoms. The van der Waals surface area contributed by atoms with Crippen LogP contribution < -0.4 is 5.32 Å². The molecule has 24 heavy (non-hydrogen) atoms. The van der Waals surface area contributed by atoms with Crippen LogP contribution in [0, 0.1) is 5.82 Å². The smallest absolute Gasteiger partial charge is 0.390 e. The summed E-state index contributed by atoms with van der Waals surface area (Å²) in [6.07, 6.45) is -4.98. The number of hydrogen-bond donors (Lipinski definition) is 2. The van der Waals surface area contributed by atoms with Gasteiger partial charge in [0.2, 0.25) is 0 Å². The molecule has 0 saturated carbocycles. The zero-order valence-corrected chi connectivity index (χ0v) is 13.2. The summed E-state index contributed by atoms with van der Waals surface area (Å²) in [5.74, 6) is -5.18. The summed E-state index contributed by atoms with van der Waals surface area (Å²) in [4.78, 5) is 1.29. The Balaban J connectivity index is 0.00000288. The number of nitrogens with zero attached hydrogens (tertiary/aromatic N) is 1. The third kappa shape index (κ3) is 4.53. The molecule has 1 aliphatic rings. The van der Waals surface area contributed by atoms with Gasteiger partial charge in [0.15, 0.2) is 0 Å². The molecule has 1 heterocycles. The lowest BCUT2D eigenvalue weighted by atomic mass is 9.96. The number of nitrogens with one attached hydrogen (secondary N) is 1. The molecule has 1 aliphatic heterocycles. The van der Waals surface area contributed by atoms with Gasteiger partial charge in [-0.1, -0.05) is 6.07 Å². The zero-order chi connectivity index (χ0) is 17.3. The van der Waals surface area contributed by atoms with Crippen LogP contribution in [0.3, 0.4) is 0 Å². The highest BCUT2D eigenvalue weighted by Gasteiger charge is 2.45. The van der Waals surface area contributed by atoms with Crippen molar-refractivity contribution < 1.29 is 31.4 Å². The van der Waals surface area contributed by atoms with Gasteiger partial charge >= 0.3 is 6.18 Å². The summed E-state index contributed by atoms with van der Waals surface area (Å²) >= 11 is 0. The molecule has 1 saturated heterocycles. The molecule has 1 aromatic carbocycles. The van der Waals surface area contributed by atoms with E-state index in [-0.39, 0.29) is 31.1 Å². The molecule has 10 heteroatoms. The van der Waals surface area contributed by atoms with Gasteiger partial charge in [0.05, 0.1) is 5.56 Å². The van der Waals surface area contributed by atoms with Crippen LogP contribution in [0.2, 0.25) is 0 Å². The van der Waals surface area contributed by atoms with Gasteiger partial charge in [0, 0.05) is 26.2 Å². The van der Waals surface area contributed by atoms with Gasteiger partial charge in [-0.2, -0.15) is 13.2 Å². The summed E-state index contributed by atoms with van der Waals surface area (Å²) in [7, 11) is 0. The van der Waals surface area contributed by atoms with Crippen molar-refractivity contribution in [3.63, 3.8) is 0 Å². The number of rotatable bonds is 4. The van der Waals surface area contributed by atoms with Crippen molar-refractivity contribution in [1.29, 1.82) is 0 Å². The second kappa shape index (κ2) is 7.90. The first-order valence-corrected chi connectivity index (χ1v) is 6.97. The van der Waals surface area contributed by atoms with Crippen molar-refractivity contribution in [2.75, 3.05) is 32.8 Å². The lowest BCUT2D eigenvalue weighted by molar-refractivity contribution is -0.140. The van der Waals surface area contributed by atoms with Crippen LogP contribution in [0.1, 0.15) is 17.2 Å². The van der Waals surface area contributed by atoms with Gasteiger partial charge in [-0.25, -0.2) is 13.2 Å². The fourth-order valence-electron chi connectivity index (χ4n) is 2.68. The Morgan fingerprint density at radius 1 is 1.12 bits per heavy atom. The molecular weight excluding hydrogens is 362 g/mol. The average Bonchev–Trinajstić information content (AvgIpc) is 2.49. The van der Waals surface area contributed by atoms with Crippen LogP contribution >= 0.6 is 12.4 Å². The average molecular weight is 379 g/mol. The van der Waals surface area contributed by atoms with Crippen molar-refractivity contribution in [2.45, 2.75) is 18.1 Å². The number of aliphatic hydroxyl groups excluding tert-OH is 1. The van der Waals surface area contributed by atoms with E-state index in [1.165, 1.54) is 4.90 Å². The molecule has 138 valence electrons. The molecule has 0 amide bonds. The van der Waals surface area contributed by atoms with Crippen molar-refractivity contribution in [3.8, 4) is 0 Å². The highest BCUT2D eigenvalue weighted by molar-refractivity contribution is 5.85. The monoisotopic (exact) mass is 378 g/mol. The van der Waals surface area contributed by atoms with E-state index in [4.69, 9.17) is 5.11 Å². The summed E-state index contributed by atoms with van der Waals surface area (Å²) in [6.45, 7) is -0.366. The minimum atomic E-state index is -4.98. The van der Waals surface area contributed by atoms with E-state index < -0.39 is 36.1 Å². The van der Waals surface area contributed by atoms with E-state index in [2.05, 4.69) is 5.32 Å². The Bertz CT molecular complexity index is 549. The molecule has 3 nitrogen and oxygen atoms in total. The Hall–Kier alpha value is -1.03. The predicted molar refractivity (Wildman–Crippen MR) is 77.9 cm³/mol. The van der Waals surface area contributed by atoms with Crippen molar-refractivity contribution >= 4 is 12.4 Å². The van der Waals surface area contributed by atoms with Crippen molar-refractivity contribution in [1.82, 2.24) is 10.2 Å². The number of aliphatic hydroxyl groups is 1. The first-order chi connectivity index (χ1) is 10.7. The van der Waals surface area contributed by atoms with E-state index in [1.807, 2.05) is 0 Å². The lowest BCUT2D eigenvalue weighted by Gasteiger charge is -2.39. The molecule has 0 aliphatic carbocycles.